The van der Waals surface area contributed by atoms with Gasteiger partial charge in [0.15, 0.2) is 0 Å². The fourth-order valence-electron chi connectivity index (χ4n) is 1.55. The molecule has 0 atom stereocenters. The molecule has 0 radical (unpaired) electrons. The Balaban J connectivity index is 3.15. The van der Waals surface area contributed by atoms with E-state index in [1.54, 1.807) is 14.0 Å². The predicted molar refractivity (Wildman–Crippen MR) is 61.8 cm³/mol. The maximum Gasteiger partial charge on any atom is 0.137 e. The first-order valence-electron chi connectivity index (χ1n) is 4.93. The molecule has 1 aromatic carbocycles. The van der Waals surface area contributed by atoms with E-state index in [9.17, 15) is 4.79 Å². The fourth-order valence-corrected chi connectivity index (χ4v) is 1.82. The Morgan fingerprint density at radius 1 is 1.40 bits per heavy atom. The first-order chi connectivity index (χ1) is 7.08. The van der Waals surface area contributed by atoms with Gasteiger partial charge in [-0.3, -0.25) is 4.79 Å². The highest BCUT2D eigenvalue weighted by Crippen LogP contribution is 2.28. The molecule has 0 aliphatic carbocycles. The number of carbonyl (C=O) groups is 1. The van der Waals surface area contributed by atoms with Gasteiger partial charge in [0.1, 0.15) is 11.5 Å². The van der Waals surface area contributed by atoms with Gasteiger partial charge >= 0.3 is 0 Å². The van der Waals surface area contributed by atoms with E-state index in [-0.39, 0.29) is 5.78 Å². The summed E-state index contributed by atoms with van der Waals surface area (Å²) in [6.45, 7) is 3.63. The van der Waals surface area contributed by atoms with E-state index in [0.717, 1.165) is 17.5 Å². The van der Waals surface area contributed by atoms with Crippen molar-refractivity contribution in [1.29, 1.82) is 0 Å². The van der Waals surface area contributed by atoms with Crippen molar-refractivity contribution in [3.63, 3.8) is 0 Å². The van der Waals surface area contributed by atoms with Crippen LogP contribution in [0.15, 0.2) is 12.1 Å². The van der Waals surface area contributed by atoms with Crippen LogP contribution in [0, 0.1) is 0 Å². The van der Waals surface area contributed by atoms with Gasteiger partial charge in [-0.05, 0) is 36.6 Å². The topological polar surface area (TPSA) is 26.3 Å². The molecular formula is C12H15ClO2. The molecule has 0 N–H and O–H groups in total. The number of ketones is 1. The summed E-state index contributed by atoms with van der Waals surface area (Å²) in [4.78, 5) is 11.1. The minimum absolute atomic E-state index is 0.144. The standard InChI is InChI=1S/C12H15ClO2/c1-4-9-7-12(15-3)11(13)6-10(9)5-8(2)14/h6-7H,4-5H2,1-3H3. The van der Waals surface area contributed by atoms with Crippen LogP contribution in [0.25, 0.3) is 0 Å². The van der Waals surface area contributed by atoms with Crippen LogP contribution in [0.1, 0.15) is 25.0 Å². The maximum atomic E-state index is 11.1. The van der Waals surface area contributed by atoms with Gasteiger partial charge in [-0.1, -0.05) is 18.5 Å². The zero-order chi connectivity index (χ0) is 11.4. The zero-order valence-corrected chi connectivity index (χ0v) is 10.0. The van der Waals surface area contributed by atoms with Crippen LogP contribution in [0.4, 0.5) is 0 Å². The van der Waals surface area contributed by atoms with Crippen molar-refractivity contribution in [2.24, 2.45) is 0 Å². The van der Waals surface area contributed by atoms with Crippen LogP contribution < -0.4 is 4.74 Å². The van der Waals surface area contributed by atoms with Crippen molar-refractivity contribution in [3.05, 3.63) is 28.3 Å². The normalized spacial score (nSPS) is 10.1. The molecule has 1 rings (SSSR count). The first kappa shape index (κ1) is 12.1. The van der Waals surface area contributed by atoms with Crippen LogP contribution in [0.5, 0.6) is 5.75 Å². The highest BCUT2D eigenvalue weighted by atomic mass is 35.5. The number of carbonyl (C=O) groups excluding carboxylic acids is 1. The van der Waals surface area contributed by atoms with E-state index < -0.39 is 0 Å². The second-order valence-corrected chi connectivity index (χ2v) is 3.90. The molecular weight excluding hydrogens is 212 g/mol. The highest BCUT2D eigenvalue weighted by Gasteiger charge is 2.09. The van der Waals surface area contributed by atoms with Crippen LogP contribution >= 0.6 is 11.6 Å². The van der Waals surface area contributed by atoms with E-state index in [2.05, 4.69) is 0 Å². The Kier molecular flexibility index (Phi) is 4.15. The third-order valence-corrected chi connectivity index (χ3v) is 2.59. The lowest BCUT2D eigenvalue weighted by atomic mass is 10.0. The highest BCUT2D eigenvalue weighted by molar-refractivity contribution is 6.32. The third kappa shape index (κ3) is 2.96. The van der Waals surface area contributed by atoms with E-state index in [1.165, 1.54) is 0 Å². The third-order valence-electron chi connectivity index (χ3n) is 2.29. The Bertz CT molecular complexity index is 372. The minimum Gasteiger partial charge on any atom is -0.495 e. The smallest absolute Gasteiger partial charge is 0.137 e. The molecule has 0 unspecified atom stereocenters. The molecule has 15 heavy (non-hydrogen) atoms. The Hall–Kier alpha value is -1.02. The summed E-state index contributed by atoms with van der Waals surface area (Å²) >= 11 is 6.01. The summed E-state index contributed by atoms with van der Waals surface area (Å²) in [5.74, 6) is 0.812. The summed E-state index contributed by atoms with van der Waals surface area (Å²) in [5, 5.41) is 0.561. The van der Waals surface area contributed by atoms with Crippen molar-refractivity contribution in [3.8, 4) is 5.75 Å². The predicted octanol–water partition coefficient (Wildman–Crippen LogP) is 3.04. The van der Waals surface area contributed by atoms with Crippen LogP contribution in [-0.2, 0) is 17.6 Å². The molecule has 0 spiro atoms. The number of hydrogen-bond acceptors (Lipinski definition) is 2. The number of hydrogen-bond donors (Lipinski definition) is 0. The number of rotatable bonds is 4. The van der Waals surface area contributed by atoms with Gasteiger partial charge in [0.05, 0.1) is 12.1 Å². The van der Waals surface area contributed by atoms with Crippen molar-refractivity contribution < 1.29 is 9.53 Å². The summed E-state index contributed by atoms with van der Waals surface area (Å²) < 4.78 is 5.13. The largest absolute Gasteiger partial charge is 0.495 e. The summed E-state index contributed by atoms with van der Waals surface area (Å²) in [6, 6.07) is 3.72. The van der Waals surface area contributed by atoms with Gasteiger partial charge in [-0.25, -0.2) is 0 Å². The molecule has 0 aromatic heterocycles. The lowest BCUT2D eigenvalue weighted by molar-refractivity contribution is -0.116. The molecule has 0 heterocycles. The van der Waals surface area contributed by atoms with Gasteiger partial charge in [0.2, 0.25) is 0 Å². The lowest BCUT2D eigenvalue weighted by Crippen LogP contribution is -2.01. The molecule has 0 saturated carbocycles. The second kappa shape index (κ2) is 5.17. The number of ether oxygens (including phenoxy) is 1. The Morgan fingerprint density at radius 3 is 2.53 bits per heavy atom. The lowest BCUT2D eigenvalue weighted by Gasteiger charge is -2.10. The van der Waals surface area contributed by atoms with Gasteiger partial charge in [-0.15, -0.1) is 0 Å². The van der Waals surface area contributed by atoms with Crippen LogP contribution in [-0.4, -0.2) is 12.9 Å². The van der Waals surface area contributed by atoms with Crippen LogP contribution in [0.2, 0.25) is 5.02 Å². The number of halogens is 1. The van der Waals surface area contributed by atoms with E-state index in [1.807, 2.05) is 19.1 Å². The molecule has 0 aliphatic heterocycles. The fraction of sp³-hybridized carbons (Fsp3) is 0.417. The molecule has 0 fully saturated rings. The molecule has 0 amide bonds. The van der Waals surface area contributed by atoms with E-state index >= 15 is 0 Å². The van der Waals surface area contributed by atoms with Crippen molar-refractivity contribution in [2.45, 2.75) is 26.7 Å². The van der Waals surface area contributed by atoms with Gasteiger partial charge in [0.25, 0.3) is 0 Å². The summed E-state index contributed by atoms with van der Waals surface area (Å²) in [7, 11) is 1.59. The first-order valence-corrected chi connectivity index (χ1v) is 5.31. The quantitative estimate of drug-likeness (QED) is 0.789. The molecule has 2 nitrogen and oxygen atoms in total. The zero-order valence-electron chi connectivity index (χ0n) is 9.26. The Morgan fingerprint density at radius 2 is 2.07 bits per heavy atom. The molecule has 0 bridgehead atoms. The minimum atomic E-state index is 0.144. The van der Waals surface area contributed by atoms with Crippen LogP contribution in [0.3, 0.4) is 0 Å². The van der Waals surface area contributed by atoms with E-state index in [0.29, 0.717) is 17.2 Å². The Labute approximate surface area is 95.2 Å². The summed E-state index contributed by atoms with van der Waals surface area (Å²) in [6.07, 6.45) is 1.31. The summed E-state index contributed by atoms with van der Waals surface area (Å²) in [5.41, 5.74) is 2.11. The molecule has 3 heteroatoms. The van der Waals surface area contributed by atoms with E-state index in [4.69, 9.17) is 16.3 Å². The SMILES string of the molecule is CCc1cc(OC)c(Cl)cc1CC(C)=O. The second-order valence-electron chi connectivity index (χ2n) is 3.49. The number of Topliss-reactive ketones (excluding diaryl/α,β-unsaturated/α-hetero) is 1. The number of benzene rings is 1. The molecule has 1 aromatic rings. The van der Waals surface area contributed by atoms with Crippen molar-refractivity contribution >= 4 is 17.4 Å². The van der Waals surface area contributed by atoms with Gasteiger partial charge < -0.3 is 4.74 Å². The van der Waals surface area contributed by atoms with Crippen molar-refractivity contribution in [1.82, 2.24) is 0 Å². The molecule has 82 valence electrons. The van der Waals surface area contributed by atoms with Gasteiger partial charge in [0, 0.05) is 6.42 Å². The monoisotopic (exact) mass is 226 g/mol. The molecule has 0 saturated heterocycles. The average Bonchev–Trinajstić information content (AvgIpc) is 2.17. The maximum absolute atomic E-state index is 11.1. The molecule has 0 aliphatic rings. The van der Waals surface area contributed by atoms with Gasteiger partial charge in [-0.2, -0.15) is 0 Å². The number of methoxy groups -OCH3 is 1. The number of aryl methyl sites for hydroxylation is 1. The van der Waals surface area contributed by atoms with Crippen molar-refractivity contribution in [2.75, 3.05) is 7.11 Å². The average molecular weight is 227 g/mol.